The zero-order valence-electron chi connectivity index (χ0n) is 15.2. The first kappa shape index (κ1) is 20.7. The molecule has 0 bridgehead atoms. The fourth-order valence-electron chi connectivity index (χ4n) is 3.23. The average molecular weight is 401 g/mol. The van der Waals surface area contributed by atoms with E-state index in [1.165, 1.54) is 0 Å². The number of fused-ring (bicyclic) bond motifs is 1. The number of piperidine rings is 1. The van der Waals surface area contributed by atoms with Crippen LogP contribution in [0.5, 0.6) is 0 Å². The molecular weight excluding hydrogens is 376 g/mol. The van der Waals surface area contributed by atoms with Gasteiger partial charge in [0.15, 0.2) is 14.6 Å². The zero-order valence-corrected chi connectivity index (χ0v) is 16.8. The first-order valence-electron chi connectivity index (χ1n) is 8.44. The third-order valence-corrected chi connectivity index (χ3v) is 6.86. The van der Waals surface area contributed by atoms with Gasteiger partial charge in [0, 0.05) is 29.6 Å². The Morgan fingerprint density at radius 3 is 2.54 bits per heavy atom. The molecule has 1 saturated heterocycles. The Morgan fingerprint density at radius 1 is 1.31 bits per heavy atom. The summed E-state index contributed by atoms with van der Waals surface area (Å²) in [4.78, 5) is 12.8. The smallest absolute Gasteiger partial charge is 0.245 e. The van der Waals surface area contributed by atoms with Crippen molar-refractivity contribution in [2.24, 2.45) is 0 Å². The highest BCUT2D eigenvalue weighted by Crippen LogP contribution is 2.30. The van der Waals surface area contributed by atoms with E-state index in [9.17, 15) is 13.2 Å². The summed E-state index contributed by atoms with van der Waals surface area (Å²) in [6.45, 7) is 5.12. The van der Waals surface area contributed by atoms with Gasteiger partial charge in [0.1, 0.15) is 0 Å². The molecule has 3 rings (SSSR count). The van der Waals surface area contributed by atoms with Crippen LogP contribution in [0.2, 0.25) is 0 Å². The molecule has 0 aliphatic carbocycles. The maximum absolute atomic E-state index is 12.8. The molecule has 1 amide bonds. The van der Waals surface area contributed by atoms with Crippen LogP contribution in [0.1, 0.15) is 32.7 Å². The number of hydrogen-bond donors (Lipinski definition) is 2. The van der Waals surface area contributed by atoms with Crippen molar-refractivity contribution in [3.8, 4) is 0 Å². The van der Waals surface area contributed by atoms with E-state index < -0.39 is 20.5 Å². The van der Waals surface area contributed by atoms with E-state index in [0.29, 0.717) is 18.8 Å². The normalized spacial score (nSPS) is 17.1. The van der Waals surface area contributed by atoms with E-state index >= 15 is 0 Å². The van der Waals surface area contributed by atoms with Crippen molar-refractivity contribution >= 4 is 44.7 Å². The van der Waals surface area contributed by atoms with Gasteiger partial charge in [-0.2, -0.15) is 5.10 Å². The Kier molecular flexibility index (Phi) is 5.99. The highest BCUT2D eigenvalue weighted by atomic mass is 35.5. The number of halogens is 1. The molecule has 9 heteroatoms. The van der Waals surface area contributed by atoms with E-state index in [1.807, 2.05) is 36.9 Å². The molecule has 1 aliphatic rings. The van der Waals surface area contributed by atoms with Crippen LogP contribution in [-0.2, 0) is 14.6 Å². The standard InChI is InChI=1S/C17H24N4O3S.ClH/c1-12(2)21-11-13-10-14(4-5-15(13)20-21)19-16(22)17(25(3,23)24)6-8-18-9-7-17;/h4-5,10-12,18H,6-9H2,1-3H3,(H,19,22);1H. The quantitative estimate of drug-likeness (QED) is 0.820. The highest BCUT2D eigenvalue weighted by molar-refractivity contribution is 7.92. The zero-order chi connectivity index (χ0) is 18.2. The van der Waals surface area contributed by atoms with Gasteiger partial charge in [-0.15, -0.1) is 12.4 Å². The molecule has 2 aromatic rings. The van der Waals surface area contributed by atoms with Gasteiger partial charge in [-0.1, -0.05) is 0 Å². The third kappa shape index (κ3) is 3.72. The van der Waals surface area contributed by atoms with Gasteiger partial charge in [-0.25, -0.2) is 8.42 Å². The van der Waals surface area contributed by atoms with Gasteiger partial charge in [0.25, 0.3) is 0 Å². The van der Waals surface area contributed by atoms with Crippen LogP contribution in [-0.4, -0.2) is 48.2 Å². The lowest BCUT2D eigenvalue weighted by atomic mass is 9.95. The lowest BCUT2D eigenvalue weighted by Crippen LogP contribution is -2.55. The Bertz CT molecular complexity index is 902. The molecule has 144 valence electrons. The number of carbonyl (C=O) groups is 1. The van der Waals surface area contributed by atoms with E-state index in [2.05, 4.69) is 15.7 Å². The molecule has 2 heterocycles. The van der Waals surface area contributed by atoms with Gasteiger partial charge in [-0.05, 0) is 58.0 Å². The molecule has 0 unspecified atom stereocenters. The SMILES string of the molecule is CC(C)n1cc2cc(NC(=O)C3(S(C)(=O)=O)CCNCC3)ccc2n1.Cl. The molecule has 1 fully saturated rings. The number of carbonyl (C=O) groups excluding carboxylic acids is 1. The van der Waals surface area contributed by atoms with Crippen molar-refractivity contribution < 1.29 is 13.2 Å². The topological polar surface area (TPSA) is 93.1 Å². The first-order valence-corrected chi connectivity index (χ1v) is 10.3. The number of benzene rings is 1. The van der Waals surface area contributed by atoms with Gasteiger partial charge in [-0.3, -0.25) is 9.48 Å². The second-order valence-electron chi connectivity index (χ2n) is 6.95. The summed E-state index contributed by atoms with van der Waals surface area (Å²) in [5.74, 6) is -0.452. The summed E-state index contributed by atoms with van der Waals surface area (Å²) in [5.41, 5.74) is 1.42. The predicted molar refractivity (Wildman–Crippen MR) is 106 cm³/mol. The molecule has 0 spiro atoms. The minimum atomic E-state index is -3.52. The van der Waals surface area contributed by atoms with Crippen molar-refractivity contribution in [1.29, 1.82) is 0 Å². The van der Waals surface area contributed by atoms with E-state index in [1.54, 1.807) is 6.07 Å². The monoisotopic (exact) mass is 400 g/mol. The minimum absolute atomic E-state index is 0. The van der Waals surface area contributed by atoms with Crippen LogP contribution in [0.15, 0.2) is 24.4 Å². The fraction of sp³-hybridized carbons (Fsp3) is 0.529. The summed E-state index contributed by atoms with van der Waals surface area (Å²) < 4.78 is 25.2. The molecule has 0 radical (unpaired) electrons. The number of anilines is 1. The summed E-state index contributed by atoms with van der Waals surface area (Å²) in [6.07, 6.45) is 3.64. The Balaban J connectivity index is 0.00000243. The average Bonchev–Trinajstić information content (AvgIpc) is 2.98. The van der Waals surface area contributed by atoms with E-state index in [0.717, 1.165) is 17.2 Å². The van der Waals surface area contributed by atoms with Crippen molar-refractivity contribution in [2.45, 2.75) is 37.5 Å². The second-order valence-corrected chi connectivity index (χ2v) is 9.27. The molecule has 0 saturated carbocycles. The maximum Gasteiger partial charge on any atom is 0.245 e. The third-order valence-electron chi connectivity index (χ3n) is 4.84. The van der Waals surface area contributed by atoms with Gasteiger partial charge < -0.3 is 10.6 Å². The minimum Gasteiger partial charge on any atom is -0.325 e. The molecule has 1 aliphatic heterocycles. The Morgan fingerprint density at radius 2 is 1.96 bits per heavy atom. The Hall–Kier alpha value is -1.64. The number of hydrogen-bond acceptors (Lipinski definition) is 5. The van der Waals surface area contributed by atoms with Crippen LogP contribution in [0.4, 0.5) is 5.69 Å². The van der Waals surface area contributed by atoms with Crippen molar-refractivity contribution in [1.82, 2.24) is 15.1 Å². The maximum atomic E-state index is 12.8. The first-order chi connectivity index (χ1) is 11.7. The van der Waals surface area contributed by atoms with E-state index in [-0.39, 0.29) is 31.3 Å². The van der Waals surface area contributed by atoms with Crippen LogP contribution in [0, 0.1) is 0 Å². The van der Waals surface area contributed by atoms with Crippen LogP contribution >= 0.6 is 12.4 Å². The van der Waals surface area contributed by atoms with E-state index in [4.69, 9.17) is 0 Å². The highest BCUT2D eigenvalue weighted by Gasteiger charge is 2.48. The number of sulfone groups is 1. The van der Waals surface area contributed by atoms with Crippen LogP contribution in [0.25, 0.3) is 10.9 Å². The largest absolute Gasteiger partial charge is 0.325 e. The number of nitrogens with one attached hydrogen (secondary N) is 2. The summed E-state index contributed by atoms with van der Waals surface area (Å²) in [5, 5.41) is 11.3. The molecular formula is C17H25ClN4O3S. The molecule has 1 aromatic heterocycles. The fourth-order valence-corrected chi connectivity index (χ4v) is 4.56. The predicted octanol–water partition coefficient (Wildman–Crippen LogP) is 2.14. The van der Waals surface area contributed by atoms with Crippen molar-refractivity contribution in [2.75, 3.05) is 24.7 Å². The molecule has 1 aromatic carbocycles. The molecule has 26 heavy (non-hydrogen) atoms. The Labute approximate surface area is 159 Å². The van der Waals surface area contributed by atoms with Crippen LogP contribution in [0.3, 0.4) is 0 Å². The lowest BCUT2D eigenvalue weighted by molar-refractivity contribution is -0.119. The summed E-state index contributed by atoms with van der Waals surface area (Å²) in [7, 11) is -3.52. The van der Waals surface area contributed by atoms with Crippen LogP contribution < -0.4 is 10.6 Å². The second kappa shape index (κ2) is 7.54. The van der Waals surface area contributed by atoms with Crippen molar-refractivity contribution in [3.63, 3.8) is 0 Å². The number of aromatic nitrogens is 2. The number of nitrogens with zero attached hydrogens (tertiary/aromatic N) is 2. The van der Waals surface area contributed by atoms with Gasteiger partial charge in [0.05, 0.1) is 5.52 Å². The molecule has 2 N–H and O–H groups in total. The summed E-state index contributed by atoms with van der Waals surface area (Å²) in [6, 6.07) is 5.67. The van der Waals surface area contributed by atoms with Gasteiger partial charge in [0.2, 0.25) is 5.91 Å². The molecule has 7 nitrogen and oxygen atoms in total. The van der Waals surface area contributed by atoms with Crippen molar-refractivity contribution in [3.05, 3.63) is 24.4 Å². The van der Waals surface area contributed by atoms with Gasteiger partial charge >= 0.3 is 0 Å². The number of amides is 1. The lowest BCUT2D eigenvalue weighted by Gasteiger charge is -2.34. The number of rotatable bonds is 4. The molecule has 0 atom stereocenters. The summed E-state index contributed by atoms with van der Waals surface area (Å²) >= 11 is 0.